The van der Waals surface area contributed by atoms with Crippen LogP contribution in [0.2, 0.25) is 0 Å². The molecule has 1 aliphatic heterocycles. The van der Waals surface area contributed by atoms with Crippen LogP contribution in [0.25, 0.3) is 0 Å². The van der Waals surface area contributed by atoms with E-state index in [0.29, 0.717) is 5.11 Å². The van der Waals surface area contributed by atoms with E-state index in [9.17, 15) is 4.79 Å². The smallest absolute Gasteiger partial charge is 0.251 e. The SMILES string of the molecule is CCCCCCC1(C)NC(=S)NC1=O. The zero-order valence-electron chi connectivity index (χ0n) is 8.85. The number of amides is 1. The highest BCUT2D eigenvalue weighted by Gasteiger charge is 2.39. The Bertz CT molecular complexity index is 242. The molecule has 1 rings (SSSR count). The van der Waals surface area contributed by atoms with Gasteiger partial charge >= 0.3 is 0 Å². The molecule has 4 heteroatoms. The van der Waals surface area contributed by atoms with Gasteiger partial charge in [-0.1, -0.05) is 32.6 Å². The molecule has 0 radical (unpaired) electrons. The second-order valence-electron chi connectivity index (χ2n) is 4.05. The Morgan fingerprint density at radius 3 is 2.57 bits per heavy atom. The standard InChI is InChI=1S/C10H18N2OS/c1-3-4-5-6-7-10(2)8(13)11-9(14)12-10/h3-7H2,1-2H3,(H2,11,12,13,14). The summed E-state index contributed by atoms with van der Waals surface area (Å²) in [5.74, 6) is 0.0130. The average molecular weight is 214 g/mol. The lowest BCUT2D eigenvalue weighted by Crippen LogP contribution is -2.43. The second-order valence-corrected chi connectivity index (χ2v) is 4.46. The van der Waals surface area contributed by atoms with Gasteiger partial charge in [0.2, 0.25) is 0 Å². The van der Waals surface area contributed by atoms with Gasteiger partial charge in [-0.2, -0.15) is 0 Å². The first-order chi connectivity index (χ1) is 6.58. The molecule has 2 N–H and O–H groups in total. The molecule has 1 fully saturated rings. The summed E-state index contributed by atoms with van der Waals surface area (Å²) < 4.78 is 0. The van der Waals surface area contributed by atoms with Crippen molar-refractivity contribution in [3.63, 3.8) is 0 Å². The van der Waals surface area contributed by atoms with E-state index in [1.807, 2.05) is 6.92 Å². The summed E-state index contributed by atoms with van der Waals surface area (Å²) in [5.41, 5.74) is -0.467. The Kier molecular flexibility index (Phi) is 3.86. The number of thiocarbonyl (C=S) groups is 1. The molecule has 1 aliphatic rings. The number of hydrogen-bond donors (Lipinski definition) is 2. The van der Waals surface area contributed by atoms with Crippen LogP contribution in [0, 0.1) is 0 Å². The fourth-order valence-corrected chi connectivity index (χ4v) is 1.98. The zero-order valence-corrected chi connectivity index (χ0v) is 9.67. The van der Waals surface area contributed by atoms with E-state index in [2.05, 4.69) is 17.6 Å². The van der Waals surface area contributed by atoms with Crippen molar-refractivity contribution < 1.29 is 4.79 Å². The molecule has 0 aromatic heterocycles. The van der Waals surface area contributed by atoms with Gasteiger partial charge in [0.05, 0.1) is 0 Å². The monoisotopic (exact) mass is 214 g/mol. The molecule has 80 valence electrons. The maximum atomic E-state index is 11.5. The van der Waals surface area contributed by atoms with Crippen molar-refractivity contribution in [1.82, 2.24) is 10.6 Å². The highest BCUT2D eigenvalue weighted by atomic mass is 32.1. The summed E-state index contributed by atoms with van der Waals surface area (Å²) in [6.07, 6.45) is 5.58. The lowest BCUT2D eigenvalue weighted by atomic mass is 9.94. The minimum absolute atomic E-state index is 0.0130. The number of nitrogens with one attached hydrogen (secondary N) is 2. The molecule has 1 amide bonds. The average Bonchev–Trinajstić information content (AvgIpc) is 2.36. The van der Waals surface area contributed by atoms with Crippen LogP contribution in [-0.2, 0) is 4.79 Å². The van der Waals surface area contributed by atoms with E-state index in [1.165, 1.54) is 19.3 Å². The van der Waals surface area contributed by atoms with E-state index in [1.54, 1.807) is 0 Å². The van der Waals surface area contributed by atoms with Crippen LogP contribution >= 0.6 is 12.2 Å². The van der Waals surface area contributed by atoms with Gasteiger partial charge in [-0.25, -0.2) is 0 Å². The van der Waals surface area contributed by atoms with Crippen molar-refractivity contribution >= 4 is 23.2 Å². The Morgan fingerprint density at radius 2 is 2.07 bits per heavy atom. The van der Waals surface area contributed by atoms with Crippen LogP contribution in [0.4, 0.5) is 0 Å². The van der Waals surface area contributed by atoms with Crippen molar-refractivity contribution in [2.45, 2.75) is 51.5 Å². The summed E-state index contributed by atoms with van der Waals surface area (Å²) in [6, 6.07) is 0. The maximum absolute atomic E-state index is 11.5. The van der Waals surface area contributed by atoms with Gasteiger partial charge in [0.15, 0.2) is 5.11 Å². The third-order valence-electron chi connectivity index (χ3n) is 2.65. The van der Waals surface area contributed by atoms with E-state index in [-0.39, 0.29) is 5.91 Å². The third-order valence-corrected chi connectivity index (χ3v) is 2.85. The van der Waals surface area contributed by atoms with E-state index in [4.69, 9.17) is 12.2 Å². The molecule has 14 heavy (non-hydrogen) atoms. The fraction of sp³-hybridized carbons (Fsp3) is 0.800. The van der Waals surface area contributed by atoms with Gasteiger partial charge in [0.1, 0.15) is 5.54 Å². The summed E-state index contributed by atoms with van der Waals surface area (Å²) in [5, 5.41) is 6.12. The Labute approximate surface area is 90.6 Å². The summed E-state index contributed by atoms with van der Waals surface area (Å²) >= 11 is 4.90. The van der Waals surface area contributed by atoms with Crippen LogP contribution in [0.15, 0.2) is 0 Å². The number of carbonyl (C=O) groups excluding carboxylic acids is 1. The van der Waals surface area contributed by atoms with Gasteiger partial charge in [0.25, 0.3) is 5.91 Å². The quantitative estimate of drug-likeness (QED) is 0.541. The third kappa shape index (κ3) is 2.67. The highest BCUT2D eigenvalue weighted by Crippen LogP contribution is 2.18. The molecule has 0 spiro atoms. The topological polar surface area (TPSA) is 41.1 Å². The minimum Gasteiger partial charge on any atom is -0.348 e. The lowest BCUT2D eigenvalue weighted by molar-refractivity contribution is -0.123. The maximum Gasteiger partial charge on any atom is 0.251 e. The molecule has 1 heterocycles. The number of carbonyl (C=O) groups is 1. The van der Waals surface area contributed by atoms with Crippen LogP contribution in [-0.4, -0.2) is 16.6 Å². The van der Waals surface area contributed by atoms with Gasteiger partial charge in [-0.05, 0) is 25.6 Å². The van der Waals surface area contributed by atoms with Crippen LogP contribution in [0.1, 0.15) is 46.0 Å². The van der Waals surface area contributed by atoms with Crippen molar-refractivity contribution in [2.75, 3.05) is 0 Å². The molecule has 0 aromatic carbocycles. The van der Waals surface area contributed by atoms with E-state index in [0.717, 1.165) is 12.8 Å². The Hall–Kier alpha value is -0.640. The van der Waals surface area contributed by atoms with Crippen molar-refractivity contribution in [3.8, 4) is 0 Å². The molecular weight excluding hydrogens is 196 g/mol. The van der Waals surface area contributed by atoms with Crippen LogP contribution in [0.5, 0.6) is 0 Å². The minimum atomic E-state index is -0.467. The first-order valence-electron chi connectivity index (χ1n) is 5.22. The molecule has 3 nitrogen and oxygen atoms in total. The molecular formula is C10H18N2OS. The van der Waals surface area contributed by atoms with Gasteiger partial charge in [-0.3, -0.25) is 4.79 Å². The molecule has 0 saturated carbocycles. The van der Waals surface area contributed by atoms with Crippen molar-refractivity contribution in [1.29, 1.82) is 0 Å². The Balaban J connectivity index is 2.35. The van der Waals surface area contributed by atoms with E-state index >= 15 is 0 Å². The highest BCUT2D eigenvalue weighted by molar-refractivity contribution is 7.80. The first-order valence-corrected chi connectivity index (χ1v) is 5.63. The number of unbranched alkanes of at least 4 members (excludes halogenated alkanes) is 3. The molecule has 1 atom stereocenters. The van der Waals surface area contributed by atoms with Gasteiger partial charge in [-0.15, -0.1) is 0 Å². The zero-order chi connectivity index (χ0) is 10.6. The van der Waals surface area contributed by atoms with Crippen LogP contribution < -0.4 is 10.6 Å². The van der Waals surface area contributed by atoms with E-state index < -0.39 is 5.54 Å². The molecule has 0 aromatic rings. The summed E-state index contributed by atoms with van der Waals surface area (Å²) in [4.78, 5) is 11.5. The first kappa shape index (κ1) is 11.4. The normalized spacial score (nSPS) is 26.1. The molecule has 0 bridgehead atoms. The molecule has 1 unspecified atom stereocenters. The summed E-state index contributed by atoms with van der Waals surface area (Å²) in [7, 11) is 0. The molecule has 1 saturated heterocycles. The fourth-order valence-electron chi connectivity index (χ4n) is 1.66. The largest absolute Gasteiger partial charge is 0.348 e. The second kappa shape index (κ2) is 4.73. The van der Waals surface area contributed by atoms with Gasteiger partial charge < -0.3 is 10.6 Å². The summed E-state index contributed by atoms with van der Waals surface area (Å²) in [6.45, 7) is 4.09. The van der Waals surface area contributed by atoms with Crippen molar-refractivity contribution in [2.24, 2.45) is 0 Å². The van der Waals surface area contributed by atoms with Crippen molar-refractivity contribution in [3.05, 3.63) is 0 Å². The molecule has 0 aliphatic carbocycles. The van der Waals surface area contributed by atoms with Gasteiger partial charge in [0, 0.05) is 0 Å². The Morgan fingerprint density at radius 1 is 1.36 bits per heavy atom. The lowest BCUT2D eigenvalue weighted by Gasteiger charge is -2.20. The number of rotatable bonds is 5. The van der Waals surface area contributed by atoms with Crippen LogP contribution in [0.3, 0.4) is 0 Å². The predicted molar refractivity (Wildman–Crippen MR) is 61.0 cm³/mol. The number of hydrogen-bond acceptors (Lipinski definition) is 2. The predicted octanol–water partition coefficient (Wildman–Crippen LogP) is 1.72.